The predicted octanol–water partition coefficient (Wildman–Crippen LogP) is 1.68. The molecule has 4 nitrogen and oxygen atoms in total. The number of carbonyl (C=O) groups excluding carboxylic acids is 1. The first-order chi connectivity index (χ1) is 9.16. The molecule has 1 unspecified atom stereocenters. The highest BCUT2D eigenvalue weighted by Gasteiger charge is 2.39. The Bertz CT molecular complexity index is 293. The molecule has 2 aliphatic rings. The van der Waals surface area contributed by atoms with Gasteiger partial charge in [0.25, 0.3) is 0 Å². The van der Waals surface area contributed by atoms with Crippen LogP contribution in [0.1, 0.15) is 45.4 Å². The average molecular weight is 268 g/mol. The summed E-state index contributed by atoms with van der Waals surface area (Å²) in [5.74, 6) is 1.39. The van der Waals surface area contributed by atoms with Gasteiger partial charge < -0.3 is 15.8 Å². The zero-order chi connectivity index (χ0) is 13.7. The molecule has 1 aliphatic carbocycles. The molecule has 4 heteroatoms. The Morgan fingerprint density at radius 2 is 2.11 bits per heavy atom. The molecule has 1 heterocycles. The van der Waals surface area contributed by atoms with Gasteiger partial charge in [0.2, 0.25) is 5.91 Å². The largest absolute Gasteiger partial charge is 0.381 e. The van der Waals surface area contributed by atoms with Crippen LogP contribution >= 0.6 is 0 Å². The third-order valence-electron chi connectivity index (χ3n) is 4.91. The number of hydrogen-bond donors (Lipinski definition) is 2. The Morgan fingerprint density at radius 1 is 1.37 bits per heavy atom. The minimum absolute atomic E-state index is 0.174. The van der Waals surface area contributed by atoms with Crippen molar-refractivity contribution in [2.75, 3.05) is 26.3 Å². The number of nitrogens with two attached hydrogens (primary N) is 1. The maximum Gasteiger partial charge on any atom is 0.227 e. The number of hydrogen-bond acceptors (Lipinski definition) is 3. The molecule has 0 bridgehead atoms. The highest BCUT2D eigenvalue weighted by molar-refractivity contribution is 5.83. The molecular formula is C15H28N2O2. The van der Waals surface area contributed by atoms with Crippen LogP contribution in [0.3, 0.4) is 0 Å². The van der Waals surface area contributed by atoms with Gasteiger partial charge in [-0.15, -0.1) is 0 Å². The molecule has 1 atom stereocenters. The molecule has 1 amide bonds. The van der Waals surface area contributed by atoms with Crippen molar-refractivity contribution in [3.8, 4) is 0 Å². The van der Waals surface area contributed by atoms with Crippen LogP contribution in [0.25, 0.3) is 0 Å². The van der Waals surface area contributed by atoms with E-state index in [-0.39, 0.29) is 11.3 Å². The number of nitrogens with one attached hydrogen (secondary N) is 1. The minimum atomic E-state index is -0.304. The Hall–Kier alpha value is -0.610. The summed E-state index contributed by atoms with van der Waals surface area (Å²) in [6.07, 6.45) is 6.40. The van der Waals surface area contributed by atoms with Gasteiger partial charge >= 0.3 is 0 Å². The van der Waals surface area contributed by atoms with Crippen molar-refractivity contribution >= 4 is 5.91 Å². The quantitative estimate of drug-likeness (QED) is 0.815. The van der Waals surface area contributed by atoms with Crippen LogP contribution < -0.4 is 11.1 Å². The molecule has 3 N–H and O–H groups in total. The monoisotopic (exact) mass is 268 g/mol. The maximum absolute atomic E-state index is 12.5. The fourth-order valence-electron chi connectivity index (χ4n) is 3.23. The molecule has 19 heavy (non-hydrogen) atoms. The highest BCUT2D eigenvalue weighted by atomic mass is 16.5. The van der Waals surface area contributed by atoms with Gasteiger partial charge in [0.05, 0.1) is 12.0 Å². The summed E-state index contributed by atoms with van der Waals surface area (Å²) in [7, 11) is 0. The highest BCUT2D eigenvalue weighted by Crippen LogP contribution is 2.38. The minimum Gasteiger partial charge on any atom is -0.381 e. The van der Waals surface area contributed by atoms with Gasteiger partial charge in [0.15, 0.2) is 0 Å². The molecule has 2 rings (SSSR count). The number of amides is 1. The van der Waals surface area contributed by atoms with Crippen molar-refractivity contribution < 1.29 is 9.53 Å². The van der Waals surface area contributed by atoms with E-state index in [1.807, 2.05) is 0 Å². The van der Waals surface area contributed by atoms with E-state index < -0.39 is 0 Å². The van der Waals surface area contributed by atoms with E-state index in [0.29, 0.717) is 12.5 Å². The molecule has 2 fully saturated rings. The lowest BCUT2D eigenvalue weighted by Gasteiger charge is -2.37. The molecule has 0 aromatic heterocycles. The number of rotatable bonds is 4. The Balaban J connectivity index is 1.82. The fraction of sp³-hybridized carbons (Fsp3) is 0.933. The SMILES string of the molecule is CC1CCC(CN)(C(=O)NCC2CCCOC2)CC1. The Labute approximate surface area is 116 Å². The lowest BCUT2D eigenvalue weighted by molar-refractivity contribution is -0.133. The van der Waals surface area contributed by atoms with Crippen molar-refractivity contribution in [3.05, 3.63) is 0 Å². The van der Waals surface area contributed by atoms with Crippen molar-refractivity contribution in [2.24, 2.45) is 23.0 Å². The molecule has 1 saturated carbocycles. The summed E-state index contributed by atoms with van der Waals surface area (Å²) in [6.45, 7) is 5.14. The van der Waals surface area contributed by atoms with E-state index in [2.05, 4.69) is 12.2 Å². The zero-order valence-electron chi connectivity index (χ0n) is 12.1. The average Bonchev–Trinajstić information content (AvgIpc) is 2.47. The lowest BCUT2D eigenvalue weighted by atomic mass is 9.70. The number of ether oxygens (including phenoxy) is 1. The molecule has 0 radical (unpaired) electrons. The van der Waals surface area contributed by atoms with E-state index >= 15 is 0 Å². The summed E-state index contributed by atoms with van der Waals surface area (Å²) in [6, 6.07) is 0. The van der Waals surface area contributed by atoms with Crippen molar-refractivity contribution in [1.82, 2.24) is 5.32 Å². The van der Waals surface area contributed by atoms with Crippen LogP contribution in [0.15, 0.2) is 0 Å². The number of carbonyl (C=O) groups is 1. The van der Waals surface area contributed by atoms with Gasteiger partial charge in [-0.05, 0) is 50.4 Å². The van der Waals surface area contributed by atoms with Crippen LogP contribution in [0.2, 0.25) is 0 Å². The predicted molar refractivity (Wildman–Crippen MR) is 75.7 cm³/mol. The first kappa shape index (κ1) is 14.8. The van der Waals surface area contributed by atoms with Crippen LogP contribution in [-0.4, -0.2) is 32.2 Å². The van der Waals surface area contributed by atoms with Crippen molar-refractivity contribution in [3.63, 3.8) is 0 Å². The van der Waals surface area contributed by atoms with Crippen molar-refractivity contribution in [1.29, 1.82) is 0 Å². The van der Waals surface area contributed by atoms with Crippen LogP contribution in [0.4, 0.5) is 0 Å². The van der Waals surface area contributed by atoms with E-state index in [9.17, 15) is 4.79 Å². The molecule has 1 saturated heterocycles. The van der Waals surface area contributed by atoms with E-state index in [4.69, 9.17) is 10.5 Å². The summed E-state index contributed by atoms with van der Waals surface area (Å²) >= 11 is 0. The topological polar surface area (TPSA) is 64.4 Å². The normalized spacial score (nSPS) is 35.9. The van der Waals surface area contributed by atoms with E-state index in [0.717, 1.165) is 64.2 Å². The summed E-state index contributed by atoms with van der Waals surface area (Å²) < 4.78 is 5.45. The zero-order valence-corrected chi connectivity index (χ0v) is 12.1. The van der Waals surface area contributed by atoms with Gasteiger partial charge in [0.1, 0.15) is 0 Å². The third kappa shape index (κ3) is 3.69. The van der Waals surface area contributed by atoms with Gasteiger partial charge in [-0.1, -0.05) is 6.92 Å². The van der Waals surface area contributed by atoms with Crippen LogP contribution in [0, 0.1) is 17.3 Å². The van der Waals surface area contributed by atoms with Crippen molar-refractivity contribution in [2.45, 2.75) is 45.4 Å². The fourth-order valence-corrected chi connectivity index (χ4v) is 3.23. The molecule has 110 valence electrons. The summed E-state index contributed by atoms with van der Waals surface area (Å²) in [5.41, 5.74) is 5.60. The molecule has 1 aliphatic heterocycles. The van der Waals surface area contributed by atoms with Gasteiger partial charge in [-0.25, -0.2) is 0 Å². The standard InChI is InChI=1S/C15H28N2O2/c1-12-4-6-15(11-16,7-5-12)14(18)17-9-13-3-2-8-19-10-13/h12-13H,2-11,16H2,1H3,(H,17,18). The lowest BCUT2D eigenvalue weighted by Crippen LogP contribution is -2.49. The van der Waals surface area contributed by atoms with Gasteiger partial charge in [-0.3, -0.25) is 4.79 Å². The molecule has 0 aromatic rings. The Kier molecular flexibility index (Phi) is 5.22. The molecule has 0 spiro atoms. The van der Waals surface area contributed by atoms with Gasteiger partial charge in [0, 0.05) is 19.7 Å². The maximum atomic E-state index is 12.5. The van der Waals surface area contributed by atoms with Gasteiger partial charge in [-0.2, -0.15) is 0 Å². The molecule has 0 aromatic carbocycles. The second kappa shape index (κ2) is 6.71. The first-order valence-corrected chi connectivity index (χ1v) is 7.72. The Morgan fingerprint density at radius 3 is 2.68 bits per heavy atom. The third-order valence-corrected chi connectivity index (χ3v) is 4.91. The van der Waals surface area contributed by atoms with E-state index in [1.165, 1.54) is 0 Å². The molecular weight excluding hydrogens is 240 g/mol. The van der Waals surface area contributed by atoms with E-state index in [1.54, 1.807) is 0 Å². The van der Waals surface area contributed by atoms with Crippen LogP contribution in [0.5, 0.6) is 0 Å². The first-order valence-electron chi connectivity index (χ1n) is 7.72. The summed E-state index contributed by atoms with van der Waals surface area (Å²) in [4.78, 5) is 12.5. The second-order valence-electron chi connectivity index (χ2n) is 6.46. The smallest absolute Gasteiger partial charge is 0.227 e. The second-order valence-corrected chi connectivity index (χ2v) is 6.46. The van der Waals surface area contributed by atoms with Crippen LogP contribution in [-0.2, 0) is 9.53 Å². The summed E-state index contributed by atoms with van der Waals surface area (Å²) in [5, 5.41) is 3.13.